The van der Waals surface area contributed by atoms with E-state index in [0.29, 0.717) is 24.2 Å². The number of aromatic nitrogens is 1. The zero-order valence-electron chi connectivity index (χ0n) is 18.8. The van der Waals surface area contributed by atoms with Crippen molar-refractivity contribution in [2.45, 2.75) is 101 Å². The van der Waals surface area contributed by atoms with Crippen LogP contribution in [0.3, 0.4) is 0 Å². The summed E-state index contributed by atoms with van der Waals surface area (Å²) >= 11 is 0.00694. The molecule has 2 aliphatic carbocycles. The third kappa shape index (κ3) is 7.82. The van der Waals surface area contributed by atoms with Gasteiger partial charge in [-0.25, -0.2) is 0 Å². The van der Waals surface area contributed by atoms with Crippen LogP contribution in [-0.4, -0.2) is 42.2 Å². The maximum absolute atomic E-state index is 5.06. The monoisotopic (exact) mass is 510 g/mol. The van der Waals surface area contributed by atoms with Crippen molar-refractivity contribution in [1.29, 1.82) is 0 Å². The molecule has 2 fully saturated rings. The summed E-state index contributed by atoms with van der Waals surface area (Å²) in [6.45, 7) is 6.66. The van der Waals surface area contributed by atoms with Crippen molar-refractivity contribution < 1.29 is 13.1 Å². The molecule has 1 aliphatic heterocycles. The Labute approximate surface area is 203 Å². The molecule has 2 unspecified atom stereocenters. The van der Waals surface area contributed by atoms with Crippen molar-refractivity contribution in [2.75, 3.05) is 13.1 Å². The Morgan fingerprint density at radius 3 is 1.55 bits per heavy atom. The number of hydrogen-bond donors (Lipinski definition) is 4. The van der Waals surface area contributed by atoms with Gasteiger partial charge in [0.15, 0.2) is 0 Å². The van der Waals surface area contributed by atoms with E-state index < -0.39 is 0 Å². The number of fused-ring (bicyclic) bond motifs is 4. The van der Waals surface area contributed by atoms with Crippen LogP contribution in [0.4, 0.5) is 0 Å². The van der Waals surface area contributed by atoms with E-state index in [1.165, 1.54) is 62.8 Å². The molecule has 0 radical (unpaired) electrons. The summed E-state index contributed by atoms with van der Waals surface area (Å²) in [6, 6.07) is 9.34. The molecule has 1 aromatic rings. The first-order valence-corrected chi connectivity index (χ1v) is 15.2. The molecule has 4 N–H and O–H groups in total. The number of hydrogen-bond acceptors (Lipinski definition) is 5. The van der Waals surface area contributed by atoms with Crippen molar-refractivity contribution >= 4 is 20.2 Å². The summed E-state index contributed by atoms with van der Waals surface area (Å²) in [7, 11) is 9.59. The topological polar surface area (TPSA) is 61.0 Å². The first-order valence-electron chi connectivity index (χ1n) is 11.9. The van der Waals surface area contributed by atoms with E-state index in [0.717, 1.165) is 13.1 Å². The van der Waals surface area contributed by atoms with Crippen LogP contribution in [0.5, 0.6) is 0 Å². The van der Waals surface area contributed by atoms with E-state index in [-0.39, 0.29) is 25.2 Å². The van der Waals surface area contributed by atoms with Crippen molar-refractivity contribution in [3.8, 4) is 0 Å². The molecule has 2 bridgehead atoms. The quantitative estimate of drug-likeness (QED) is 0.385. The normalized spacial score (nSPS) is 34.7. The van der Waals surface area contributed by atoms with Gasteiger partial charge in [0.05, 0.1) is 11.4 Å². The molecule has 2 saturated carbocycles. The maximum atomic E-state index is 5.06. The second kappa shape index (κ2) is 13.7. The van der Waals surface area contributed by atoms with Crippen molar-refractivity contribution in [2.24, 2.45) is 0 Å². The summed E-state index contributed by atoms with van der Waals surface area (Å²) in [4.78, 5) is 5.06. The van der Waals surface area contributed by atoms with E-state index in [2.05, 4.69) is 53.3 Å². The molecule has 6 atom stereocenters. The molecule has 0 amide bonds. The predicted octanol–water partition coefficient (Wildman–Crippen LogP) is 4.57. The Hall–Kier alpha value is 0.0895. The van der Waals surface area contributed by atoms with Crippen LogP contribution in [0.1, 0.15) is 88.7 Å². The first-order chi connectivity index (χ1) is 15.1. The molecule has 2 heterocycles. The summed E-state index contributed by atoms with van der Waals surface area (Å²) < 4.78 is 0. The SMILES string of the molecule is C[C@@H]1NC2CCCC[C@H]2NCCN[C@@H]2CCCCC2N[C@H](C)c2cccc1n2.[Cl][Mn][Cl]. The fraction of sp³-hybridized carbons (Fsp3) is 0.783. The van der Waals surface area contributed by atoms with Gasteiger partial charge in [-0.3, -0.25) is 4.98 Å². The molecule has 0 saturated heterocycles. The van der Waals surface area contributed by atoms with Crippen LogP contribution in [0.2, 0.25) is 0 Å². The number of nitrogens with zero attached hydrogens (tertiary/aromatic N) is 1. The number of rotatable bonds is 0. The second-order valence-electron chi connectivity index (χ2n) is 9.22. The number of halogens is 2. The second-order valence-corrected chi connectivity index (χ2v) is 11.2. The molecular weight excluding hydrogens is 472 g/mol. The van der Waals surface area contributed by atoms with Gasteiger partial charge in [-0.05, 0) is 51.7 Å². The van der Waals surface area contributed by atoms with Gasteiger partial charge >= 0.3 is 33.3 Å². The third-order valence-corrected chi connectivity index (χ3v) is 7.08. The fourth-order valence-electron chi connectivity index (χ4n) is 5.43. The number of nitrogens with one attached hydrogen (secondary N) is 4. The van der Waals surface area contributed by atoms with E-state index >= 15 is 0 Å². The van der Waals surface area contributed by atoms with Gasteiger partial charge in [-0.2, -0.15) is 0 Å². The molecule has 3 aliphatic rings. The Morgan fingerprint density at radius 1 is 0.742 bits per heavy atom. The molecule has 0 spiro atoms. The van der Waals surface area contributed by atoms with Gasteiger partial charge in [-0.1, -0.05) is 31.7 Å². The van der Waals surface area contributed by atoms with Crippen LogP contribution in [0, 0.1) is 0 Å². The Balaban J connectivity index is 0.000000858. The summed E-state index contributed by atoms with van der Waals surface area (Å²) in [5.41, 5.74) is 2.34. The number of pyridine rings is 1. The van der Waals surface area contributed by atoms with Crippen molar-refractivity contribution in [3.63, 3.8) is 0 Å². The van der Waals surface area contributed by atoms with Crippen LogP contribution in [0.15, 0.2) is 18.2 Å². The molecule has 0 aromatic carbocycles. The van der Waals surface area contributed by atoms with Gasteiger partial charge < -0.3 is 21.3 Å². The molecule has 177 valence electrons. The van der Waals surface area contributed by atoms with E-state index in [1.54, 1.807) is 0 Å². The van der Waals surface area contributed by atoms with Gasteiger partial charge in [0, 0.05) is 49.3 Å². The molecule has 8 heteroatoms. The zero-order valence-corrected chi connectivity index (χ0v) is 21.5. The zero-order chi connectivity index (χ0) is 22.1. The average molecular weight is 511 g/mol. The van der Waals surface area contributed by atoms with Gasteiger partial charge in [0.25, 0.3) is 0 Å². The molecule has 1 aromatic heterocycles. The minimum atomic E-state index is 0.00694. The third-order valence-electron chi connectivity index (χ3n) is 7.08. The summed E-state index contributed by atoms with van der Waals surface area (Å²) in [5.74, 6) is 0. The van der Waals surface area contributed by atoms with Gasteiger partial charge in [-0.15, -0.1) is 0 Å². The van der Waals surface area contributed by atoms with E-state index in [1.807, 2.05) is 0 Å². The Kier molecular flexibility index (Phi) is 11.4. The van der Waals surface area contributed by atoms with Crippen LogP contribution in [0.25, 0.3) is 0 Å². The standard InChI is InChI=1S/C23H39N5.2ClH.Mn/c1-16-18-12-7-13-19(28-18)17(2)27-23-11-6-4-9-21(23)25-15-14-24-20-8-3-5-10-22(20)26-16;;;/h7,12-13,16-17,20-27H,3-6,8-11,14-15H2,1-2H3;2*1H;/q;;;+2/p-2/t16-,17+,20-,21-,22?,23?;;;/m1.../s1. The van der Waals surface area contributed by atoms with E-state index in [4.69, 9.17) is 25.2 Å². The van der Waals surface area contributed by atoms with E-state index in [9.17, 15) is 0 Å². The molecule has 4 rings (SSSR count). The summed E-state index contributed by atoms with van der Waals surface area (Å²) in [6.07, 6.45) is 10.4. The van der Waals surface area contributed by atoms with Crippen LogP contribution >= 0.6 is 20.2 Å². The minimum absolute atomic E-state index is 0.00694. The Bertz CT molecular complexity index is 603. The average Bonchev–Trinajstić information content (AvgIpc) is 2.79. The fourth-order valence-corrected chi connectivity index (χ4v) is 5.43. The van der Waals surface area contributed by atoms with Crippen molar-refractivity contribution in [3.05, 3.63) is 29.6 Å². The Morgan fingerprint density at radius 2 is 1.13 bits per heavy atom. The predicted molar refractivity (Wildman–Crippen MR) is 127 cm³/mol. The van der Waals surface area contributed by atoms with Crippen LogP contribution < -0.4 is 21.3 Å². The first kappa shape index (κ1) is 25.7. The van der Waals surface area contributed by atoms with Gasteiger partial charge in [0.1, 0.15) is 0 Å². The summed E-state index contributed by atoms with van der Waals surface area (Å²) in [5, 5.41) is 15.5. The van der Waals surface area contributed by atoms with Crippen LogP contribution in [-0.2, 0) is 13.1 Å². The van der Waals surface area contributed by atoms with Gasteiger partial charge in [0.2, 0.25) is 0 Å². The molecule has 5 nitrogen and oxygen atoms in total. The molecule has 31 heavy (non-hydrogen) atoms. The van der Waals surface area contributed by atoms with Crippen molar-refractivity contribution in [1.82, 2.24) is 26.3 Å². The molecular formula is C23H39Cl2MnN5.